The highest BCUT2D eigenvalue weighted by Gasteiger charge is 2.42. The first-order valence-corrected chi connectivity index (χ1v) is 12.4. The number of thioether (sulfide) groups is 1. The lowest BCUT2D eigenvalue weighted by Gasteiger charge is -2.37. The van der Waals surface area contributed by atoms with Crippen LogP contribution in [0.5, 0.6) is 11.5 Å². The minimum Gasteiger partial charge on any atom is -0.493 e. The van der Waals surface area contributed by atoms with Crippen LogP contribution in [0.25, 0.3) is 0 Å². The molecule has 0 spiro atoms. The summed E-state index contributed by atoms with van der Waals surface area (Å²) in [4.78, 5) is 36.8. The lowest BCUT2D eigenvalue weighted by atomic mass is 9.92. The third-order valence-electron chi connectivity index (χ3n) is 5.83. The number of amides is 1. The Morgan fingerprint density at radius 1 is 1.22 bits per heavy atom. The number of rotatable bonds is 10. The van der Waals surface area contributed by atoms with E-state index in [0.717, 1.165) is 5.56 Å². The van der Waals surface area contributed by atoms with Gasteiger partial charge in [0.2, 0.25) is 5.91 Å². The van der Waals surface area contributed by atoms with Crippen LogP contribution in [0.4, 0.5) is 0 Å². The molecule has 0 aliphatic carbocycles. The van der Waals surface area contributed by atoms with Crippen LogP contribution in [0.3, 0.4) is 0 Å². The van der Waals surface area contributed by atoms with Gasteiger partial charge in [0.1, 0.15) is 6.61 Å². The molecule has 2 aliphatic rings. The molecule has 0 saturated heterocycles. The minimum absolute atomic E-state index is 0.0579. The summed E-state index contributed by atoms with van der Waals surface area (Å²) in [5.41, 5.74) is 3.16. The van der Waals surface area contributed by atoms with Crippen molar-refractivity contribution in [2.45, 2.75) is 25.9 Å². The summed E-state index contributed by atoms with van der Waals surface area (Å²) in [5, 5.41) is 5.47. The number of benzene rings is 1. The maximum atomic E-state index is 13.3. The van der Waals surface area contributed by atoms with Crippen molar-refractivity contribution in [3.8, 4) is 11.5 Å². The van der Waals surface area contributed by atoms with Crippen molar-refractivity contribution in [1.29, 1.82) is 0 Å². The zero-order chi connectivity index (χ0) is 26.4. The molecular weight excluding hydrogens is 492 g/mol. The van der Waals surface area contributed by atoms with Crippen LogP contribution in [0.1, 0.15) is 30.5 Å². The summed E-state index contributed by atoms with van der Waals surface area (Å²) in [5.74, 6) is 0.310. The zero-order valence-electron chi connectivity index (χ0n) is 20.9. The van der Waals surface area contributed by atoms with Gasteiger partial charge in [-0.2, -0.15) is 0 Å². The summed E-state index contributed by atoms with van der Waals surface area (Å²) >= 11 is 1.40. The summed E-state index contributed by atoms with van der Waals surface area (Å²) in [6.45, 7) is 5.82. The van der Waals surface area contributed by atoms with Gasteiger partial charge in [0, 0.05) is 30.2 Å². The van der Waals surface area contributed by atoms with Crippen LogP contribution in [0.2, 0.25) is 0 Å². The molecule has 0 radical (unpaired) electrons. The van der Waals surface area contributed by atoms with E-state index in [0.29, 0.717) is 45.7 Å². The average Bonchev–Trinajstić information content (AvgIpc) is 3.31. The number of amidine groups is 1. The fourth-order valence-corrected chi connectivity index (χ4v) is 5.16. The maximum absolute atomic E-state index is 13.3. The number of aromatic nitrogens is 1. The van der Waals surface area contributed by atoms with E-state index in [-0.39, 0.29) is 18.9 Å². The highest BCUT2D eigenvalue weighted by atomic mass is 32.2. The largest absolute Gasteiger partial charge is 0.493 e. The number of hydrogen-bond donors (Lipinski definition) is 1. The molecule has 1 atom stereocenters. The van der Waals surface area contributed by atoms with E-state index >= 15 is 0 Å². The molecule has 3 heterocycles. The summed E-state index contributed by atoms with van der Waals surface area (Å²) in [6.07, 6.45) is 4.99. The lowest BCUT2D eigenvalue weighted by Crippen LogP contribution is -2.38. The molecule has 192 valence electrons. The first-order valence-electron chi connectivity index (χ1n) is 11.6. The molecular formula is C27H28N4O5S. The lowest BCUT2D eigenvalue weighted by molar-refractivity contribution is -0.138. The Morgan fingerprint density at radius 3 is 2.76 bits per heavy atom. The van der Waals surface area contributed by atoms with Crippen LogP contribution in [-0.2, 0) is 20.9 Å². The second-order valence-corrected chi connectivity index (χ2v) is 9.01. The fourth-order valence-electron chi connectivity index (χ4n) is 4.20. The number of ether oxygens (including phenoxy) is 3. The number of fused-ring (bicyclic) bond motifs is 1. The SMILES string of the molecule is C=CCOC(=O)C1=C(C)N=C2SC=C(CC(=O)NCc3cccnc3)N2C1c1cccc(OC)c1OC. The van der Waals surface area contributed by atoms with E-state index in [4.69, 9.17) is 14.2 Å². The molecule has 4 rings (SSSR count). The van der Waals surface area contributed by atoms with Gasteiger partial charge in [-0.3, -0.25) is 9.78 Å². The van der Waals surface area contributed by atoms with Crippen LogP contribution in [0, 0.1) is 0 Å². The standard InChI is InChI=1S/C27H28N4O5S/c1-5-12-36-26(33)23-17(2)30-27-31(24(23)20-9-6-10-21(34-3)25(20)35-4)19(16-37-27)13-22(32)29-15-18-8-7-11-28-14-18/h5-11,14,16,24H,1,12-13,15H2,2-4H3,(H,29,32). The normalized spacial score (nSPS) is 16.4. The Labute approximate surface area is 219 Å². The van der Waals surface area contributed by atoms with E-state index in [1.54, 1.807) is 39.6 Å². The zero-order valence-corrected chi connectivity index (χ0v) is 21.7. The van der Waals surface area contributed by atoms with Gasteiger partial charge in [0.15, 0.2) is 16.7 Å². The van der Waals surface area contributed by atoms with Gasteiger partial charge < -0.3 is 24.4 Å². The molecule has 9 nitrogen and oxygen atoms in total. The molecule has 2 aliphatic heterocycles. The molecule has 0 saturated carbocycles. The van der Waals surface area contributed by atoms with Gasteiger partial charge in [0.25, 0.3) is 0 Å². The van der Waals surface area contributed by atoms with Gasteiger partial charge in [-0.25, -0.2) is 9.79 Å². The number of hydrogen-bond acceptors (Lipinski definition) is 9. The molecule has 0 fully saturated rings. The number of aliphatic imine (C=N–C) groups is 1. The van der Waals surface area contributed by atoms with Crippen molar-refractivity contribution in [3.05, 3.63) is 88.9 Å². The highest BCUT2D eigenvalue weighted by molar-refractivity contribution is 8.16. The number of carbonyl (C=O) groups is 2. The topological polar surface area (TPSA) is 102 Å². The molecule has 0 bridgehead atoms. The van der Waals surface area contributed by atoms with Crippen molar-refractivity contribution in [2.24, 2.45) is 4.99 Å². The Morgan fingerprint density at radius 2 is 2.05 bits per heavy atom. The predicted molar refractivity (Wildman–Crippen MR) is 142 cm³/mol. The number of nitrogens with zero attached hydrogens (tertiary/aromatic N) is 3. The molecule has 37 heavy (non-hydrogen) atoms. The molecule has 1 unspecified atom stereocenters. The quantitative estimate of drug-likeness (QED) is 0.369. The predicted octanol–water partition coefficient (Wildman–Crippen LogP) is 4.11. The number of para-hydroxylation sites is 1. The van der Waals surface area contributed by atoms with Crippen LogP contribution >= 0.6 is 11.8 Å². The van der Waals surface area contributed by atoms with Crippen LogP contribution in [0.15, 0.2) is 82.7 Å². The third-order valence-corrected chi connectivity index (χ3v) is 6.72. The Kier molecular flexibility index (Phi) is 8.29. The maximum Gasteiger partial charge on any atom is 0.338 e. The Balaban J connectivity index is 1.69. The third kappa shape index (κ3) is 5.54. The van der Waals surface area contributed by atoms with Crippen molar-refractivity contribution in [2.75, 3.05) is 20.8 Å². The van der Waals surface area contributed by atoms with Gasteiger partial charge >= 0.3 is 5.97 Å². The average molecular weight is 521 g/mol. The van der Waals surface area contributed by atoms with E-state index < -0.39 is 12.0 Å². The van der Waals surface area contributed by atoms with Gasteiger partial charge in [-0.05, 0) is 30.0 Å². The fraction of sp³-hybridized carbons (Fsp3) is 0.259. The van der Waals surface area contributed by atoms with E-state index in [2.05, 4.69) is 21.9 Å². The number of pyridine rings is 1. The van der Waals surface area contributed by atoms with Gasteiger partial charge in [-0.15, -0.1) is 0 Å². The minimum atomic E-state index is -0.651. The van der Waals surface area contributed by atoms with Crippen molar-refractivity contribution in [1.82, 2.24) is 15.2 Å². The Bertz CT molecular complexity index is 1290. The second kappa shape index (κ2) is 11.8. The first kappa shape index (κ1) is 26.0. The number of esters is 1. The molecule has 1 aromatic heterocycles. The summed E-state index contributed by atoms with van der Waals surface area (Å²) in [6, 6.07) is 8.55. The molecule has 1 N–H and O–H groups in total. The summed E-state index contributed by atoms with van der Waals surface area (Å²) in [7, 11) is 3.10. The Hall–Kier alpha value is -4.05. The van der Waals surface area contributed by atoms with E-state index in [1.165, 1.54) is 17.8 Å². The highest BCUT2D eigenvalue weighted by Crippen LogP contribution is 2.48. The van der Waals surface area contributed by atoms with E-state index in [9.17, 15) is 9.59 Å². The van der Waals surface area contributed by atoms with Crippen LogP contribution in [-0.4, -0.2) is 47.8 Å². The molecule has 10 heteroatoms. The summed E-state index contributed by atoms with van der Waals surface area (Å²) < 4.78 is 16.7. The molecule has 1 aromatic carbocycles. The van der Waals surface area contributed by atoms with E-state index in [1.807, 2.05) is 34.6 Å². The number of methoxy groups -OCH3 is 2. The number of carbonyl (C=O) groups excluding carboxylic acids is 2. The second-order valence-electron chi connectivity index (χ2n) is 8.18. The molecule has 1 amide bonds. The van der Waals surface area contributed by atoms with Gasteiger partial charge in [-0.1, -0.05) is 42.6 Å². The van der Waals surface area contributed by atoms with Crippen molar-refractivity contribution in [3.63, 3.8) is 0 Å². The molecule has 2 aromatic rings. The smallest absolute Gasteiger partial charge is 0.338 e. The monoisotopic (exact) mass is 520 g/mol. The first-order chi connectivity index (χ1) is 18.0. The van der Waals surface area contributed by atoms with Crippen molar-refractivity contribution >= 4 is 28.8 Å². The van der Waals surface area contributed by atoms with Crippen molar-refractivity contribution < 1.29 is 23.8 Å². The van der Waals surface area contributed by atoms with Gasteiger partial charge in [0.05, 0.1) is 38.0 Å². The van der Waals surface area contributed by atoms with Crippen LogP contribution < -0.4 is 14.8 Å². The number of allylic oxidation sites excluding steroid dienone is 1. The number of nitrogens with one attached hydrogen (secondary N) is 1.